The summed E-state index contributed by atoms with van der Waals surface area (Å²) in [5.41, 5.74) is 1.09. The third kappa shape index (κ3) is 18.8. The monoisotopic (exact) mass is 742 g/mol. The lowest BCUT2D eigenvalue weighted by Gasteiger charge is -2.20. The Balaban J connectivity index is 0.00000143. The molecule has 0 atom stereocenters. The lowest BCUT2D eigenvalue weighted by Crippen LogP contribution is -2.21. The van der Waals surface area contributed by atoms with Crippen molar-refractivity contribution in [2.45, 2.75) is 156 Å². The van der Waals surface area contributed by atoms with E-state index >= 15 is 0 Å². The number of rotatable bonds is 22. The largest absolute Gasteiger partial charge is 0.304 e. The van der Waals surface area contributed by atoms with Gasteiger partial charge in [0.1, 0.15) is 9.79 Å². The molecule has 0 aliphatic heterocycles. The lowest BCUT2D eigenvalue weighted by atomic mass is 9.91. The first-order valence-electron chi connectivity index (χ1n) is 19.5. The Kier molecular flexibility index (Phi) is 25.4. The highest BCUT2D eigenvalue weighted by Crippen LogP contribution is 2.38. The van der Waals surface area contributed by atoms with Gasteiger partial charge in [0.25, 0.3) is 20.2 Å². The topological polar surface area (TPSA) is 115 Å². The normalized spacial score (nSPS) is 12.1. The molecule has 2 rings (SSSR count). The summed E-state index contributed by atoms with van der Waals surface area (Å²) in [5, 5.41) is 0.748. The molecular formula is C40H74N2O6S2. The molecule has 2 aromatic rings. The highest BCUT2D eigenvalue weighted by molar-refractivity contribution is 7.89. The van der Waals surface area contributed by atoms with E-state index < -0.39 is 30.0 Å². The molecule has 0 fully saturated rings. The average molecular weight is 743 g/mol. The SMILES string of the molecule is CC(C)CCCCCCc1c(S(=O)(=O)O)c(S(=O)(=O)O)c2ccccc2c1CCCCCCC(C)C.CCN(CC)CC.CCN(CC)CC. The zero-order chi connectivity index (χ0) is 38.3. The summed E-state index contributed by atoms with van der Waals surface area (Å²) in [6.07, 6.45) is 10.9. The summed E-state index contributed by atoms with van der Waals surface area (Å²) >= 11 is 0. The lowest BCUT2D eigenvalue weighted by molar-refractivity contribution is 0.321. The van der Waals surface area contributed by atoms with Crippen LogP contribution < -0.4 is 0 Å². The van der Waals surface area contributed by atoms with Crippen molar-refractivity contribution in [3.63, 3.8) is 0 Å². The molecule has 292 valence electrons. The average Bonchev–Trinajstić information content (AvgIpc) is 3.05. The summed E-state index contributed by atoms with van der Waals surface area (Å²) in [7, 11) is -9.82. The van der Waals surface area contributed by atoms with Crippen LogP contribution in [0.15, 0.2) is 34.1 Å². The van der Waals surface area contributed by atoms with Crippen LogP contribution in [0.3, 0.4) is 0 Å². The Bertz CT molecular complexity index is 1380. The van der Waals surface area contributed by atoms with Crippen molar-refractivity contribution >= 4 is 31.0 Å². The second-order valence-electron chi connectivity index (χ2n) is 14.0. The smallest absolute Gasteiger partial charge is 0.296 e. The number of benzene rings is 2. The maximum Gasteiger partial charge on any atom is 0.296 e. The van der Waals surface area contributed by atoms with E-state index in [1.165, 1.54) is 51.8 Å². The number of hydrogen-bond acceptors (Lipinski definition) is 6. The van der Waals surface area contributed by atoms with E-state index in [1.54, 1.807) is 18.2 Å². The van der Waals surface area contributed by atoms with Crippen LogP contribution in [-0.4, -0.2) is 75.0 Å². The summed E-state index contributed by atoms with van der Waals surface area (Å²) in [4.78, 5) is 3.39. The molecule has 0 saturated heterocycles. The fraction of sp³-hybridized carbons (Fsp3) is 0.750. The zero-order valence-electron chi connectivity index (χ0n) is 33.4. The van der Waals surface area contributed by atoms with E-state index in [1.807, 2.05) is 0 Å². The van der Waals surface area contributed by atoms with Crippen molar-refractivity contribution in [2.75, 3.05) is 39.3 Å². The molecule has 0 saturated carbocycles. The molecule has 8 nitrogen and oxygen atoms in total. The van der Waals surface area contributed by atoms with E-state index in [-0.39, 0.29) is 5.39 Å². The van der Waals surface area contributed by atoms with Crippen LogP contribution in [0.25, 0.3) is 10.8 Å². The van der Waals surface area contributed by atoms with Gasteiger partial charge >= 0.3 is 0 Å². The van der Waals surface area contributed by atoms with Gasteiger partial charge in [-0.2, -0.15) is 16.8 Å². The highest BCUT2D eigenvalue weighted by Gasteiger charge is 2.32. The molecular weight excluding hydrogens is 669 g/mol. The Hall–Kier alpha value is -1.56. The van der Waals surface area contributed by atoms with Crippen LogP contribution in [0, 0.1) is 11.8 Å². The predicted molar refractivity (Wildman–Crippen MR) is 214 cm³/mol. The number of nitrogens with zero attached hydrogens (tertiary/aromatic N) is 2. The van der Waals surface area contributed by atoms with E-state index in [0.717, 1.165) is 56.9 Å². The third-order valence-electron chi connectivity index (χ3n) is 9.46. The van der Waals surface area contributed by atoms with Gasteiger partial charge in [0, 0.05) is 5.39 Å². The Morgan fingerprint density at radius 2 is 0.840 bits per heavy atom. The first-order chi connectivity index (χ1) is 23.5. The van der Waals surface area contributed by atoms with Crippen LogP contribution in [0.4, 0.5) is 0 Å². The predicted octanol–water partition coefficient (Wildman–Crippen LogP) is 10.3. The van der Waals surface area contributed by atoms with Crippen LogP contribution in [-0.2, 0) is 33.1 Å². The van der Waals surface area contributed by atoms with Gasteiger partial charge in [0.2, 0.25) is 0 Å². The molecule has 2 N–H and O–H groups in total. The van der Waals surface area contributed by atoms with Gasteiger partial charge in [-0.1, -0.05) is 145 Å². The van der Waals surface area contributed by atoms with Crippen molar-refractivity contribution in [1.82, 2.24) is 9.80 Å². The van der Waals surface area contributed by atoms with Crippen molar-refractivity contribution < 1.29 is 25.9 Å². The first kappa shape index (κ1) is 48.4. The second-order valence-corrected chi connectivity index (χ2v) is 16.8. The molecule has 0 radical (unpaired) electrons. The van der Waals surface area contributed by atoms with Crippen LogP contribution >= 0.6 is 0 Å². The minimum absolute atomic E-state index is 0.128. The first-order valence-corrected chi connectivity index (χ1v) is 22.4. The Labute approximate surface area is 308 Å². The van der Waals surface area contributed by atoms with E-state index in [9.17, 15) is 25.9 Å². The van der Waals surface area contributed by atoms with Crippen LogP contribution in [0.1, 0.15) is 145 Å². The molecule has 0 amide bonds. The quantitative estimate of drug-likeness (QED) is 0.0905. The maximum absolute atomic E-state index is 12.6. The molecule has 50 heavy (non-hydrogen) atoms. The minimum Gasteiger partial charge on any atom is -0.304 e. The minimum atomic E-state index is -4.91. The fourth-order valence-electron chi connectivity index (χ4n) is 6.34. The molecule has 0 spiro atoms. The number of aryl methyl sites for hydroxylation is 1. The molecule has 2 aromatic carbocycles. The molecule has 0 aliphatic carbocycles. The van der Waals surface area contributed by atoms with Crippen molar-refractivity contribution in [3.8, 4) is 0 Å². The Morgan fingerprint density at radius 3 is 1.16 bits per heavy atom. The second kappa shape index (κ2) is 26.2. The van der Waals surface area contributed by atoms with Gasteiger partial charge in [-0.25, -0.2) is 0 Å². The van der Waals surface area contributed by atoms with Crippen molar-refractivity contribution in [3.05, 3.63) is 35.4 Å². The van der Waals surface area contributed by atoms with Crippen LogP contribution in [0.5, 0.6) is 0 Å². The van der Waals surface area contributed by atoms with Gasteiger partial charge in [0.05, 0.1) is 0 Å². The zero-order valence-corrected chi connectivity index (χ0v) is 35.1. The molecule has 10 heteroatoms. The highest BCUT2D eigenvalue weighted by atomic mass is 32.2. The van der Waals surface area contributed by atoms with Gasteiger partial charge in [-0.3, -0.25) is 9.11 Å². The molecule has 0 bridgehead atoms. The fourth-order valence-corrected chi connectivity index (χ4v) is 8.67. The van der Waals surface area contributed by atoms with Crippen molar-refractivity contribution in [2.24, 2.45) is 11.8 Å². The summed E-state index contributed by atoms with van der Waals surface area (Å²) < 4.78 is 70.3. The summed E-state index contributed by atoms with van der Waals surface area (Å²) in [6.45, 7) is 29.0. The summed E-state index contributed by atoms with van der Waals surface area (Å²) in [5.74, 6) is 1.28. The maximum atomic E-state index is 12.6. The number of hydrogen-bond donors (Lipinski definition) is 2. The van der Waals surface area contributed by atoms with Crippen LogP contribution in [0.2, 0.25) is 0 Å². The third-order valence-corrected chi connectivity index (χ3v) is 11.5. The van der Waals surface area contributed by atoms with Gasteiger partial charge in [-0.15, -0.1) is 0 Å². The van der Waals surface area contributed by atoms with E-state index in [0.29, 0.717) is 42.0 Å². The molecule has 0 aliphatic rings. The van der Waals surface area contributed by atoms with Gasteiger partial charge in [0.15, 0.2) is 0 Å². The van der Waals surface area contributed by atoms with E-state index in [2.05, 4.69) is 79.0 Å². The Morgan fingerprint density at radius 1 is 0.500 bits per heavy atom. The molecule has 0 heterocycles. The van der Waals surface area contributed by atoms with E-state index in [4.69, 9.17) is 0 Å². The van der Waals surface area contributed by atoms with Crippen molar-refractivity contribution in [1.29, 1.82) is 0 Å². The molecule has 0 unspecified atom stereocenters. The van der Waals surface area contributed by atoms with Gasteiger partial charge < -0.3 is 9.80 Å². The molecule has 0 aromatic heterocycles. The standard InChI is InChI=1S/C28H44O6S2.2C6H15N/c1-21(2)15-9-5-7-11-17-23-24-18-13-14-20-26(24)28(36(32,33)34)27(35(29,30)31)25(23)19-12-8-6-10-16-22(3)4;2*1-4-7(5-2)6-3/h13-14,18,20-22H,5-12,15-17,19H2,1-4H3,(H,29,30,31)(H,32,33,34);2*4-6H2,1-3H3. The van der Waals surface area contributed by atoms with Gasteiger partial charge in [-0.05, 0) is 93.3 Å². The summed E-state index contributed by atoms with van der Waals surface area (Å²) in [6, 6.07) is 6.66. The number of unbranched alkanes of at least 4 members (excludes halogenated alkanes) is 6. The number of fused-ring (bicyclic) bond motifs is 1.